The van der Waals surface area contributed by atoms with Gasteiger partial charge in [-0.1, -0.05) is 53.2 Å². The van der Waals surface area contributed by atoms with Crippen molar-refractivity contribution in [1.29, 1.82) is 0 Å². The molecule has 3 fully saturated rings. The molecule has 1 aromatic rings. The Hall–Kier alpha value is -1.19. The first-order chi connectivity index (χ1) is 15.3. The second-order valence-corrected chi connectivity index (χ2v) is 10.1. The zero-order valence-corrected chi connectivity index (χ0v) is 20.3. The van der Waals surface area contributed by atoms with Crippen molar-refractivity contribution in [2.75, 3.05) is 12.5 Å². The molecule has 2 aliphatic heterocycles. The molecule has 2 heterocycles. The van der Waals surface area contributed by atoms with Crippen LogP contribution in [0, 0.1) is 0 Å². The number of alkyl halides is 2. The summed E-state index contributed by atoms with van der Waals surface area (Å²) in [6, 6.07) is 10.4. The molecule has 0 aromatic heterocycles. The molecule has 7 nitrogen and oxygen atoms in total. The van der Waals surface area contributed by atoms with Gasteiger partial charge in [0.1, 0.15) is 29.3 Å². The van der Waals surface area contributed by atoms with E-state index in [2.05, 4.69) is 52.4 Å². The molecule has 1 aliphatic carbocycles. The fourth-order valence-corrected chi connectivity index (χ4v) is 6.13. The highest BCUT2D eigenvalue weighted by molar-refractivity contribution is 9.09. The van der Waals surface area contributed by atoms with Gasteiger partial charge in [0, 0.05) is 0 Å². The van der Waals surface area contributed by atoms with Crippen molar-refractivity contribution >= 4 is 39.5 Å². The summed E-state index contributed by atoms with van der Waals surface area (Å²) in [5, 5.41) is 13.9. The summed E-state index contributed by atoms with van der Waals surface area (Å²) in [7, 11) is 0. The Labute approximate surface area is 201 Å². The standard InChI is InChI=1S/C23H29BrClNO6/c1-2-14(15-6-4-3-5-7-15)8-9-17-20(31-17)23(29)19(24)16(10-11-22(23)13-30-22)32-21(28)26-18(27)12-25/h3-7,14,16-17,19-20,29H,2,8-13H2,1H3,(H,26,27,28)/t14?,16-,17?,19-,20?,22-,23+/m0/s1. The summed E-state index contributed by atoms with van der Waals surface area (Å²) in [5.41, 5.74) is -0.701. The number of aliphatic hydroxyl groups is 1. The lowest BCUT2D eigenvalue weighted by Crippen LogP contribution is -2.64. The average molecular weight is 531 g/mol. The van der Waals surface area contributed by atoms with E-state index in [4.69, 9.17) is 25.8 Å². The first-order valence-electron chi connectivity index (χ1n) is 11.1. The Kier molecular flexibility index (Phi) is 7.17. The van der Waals surface area contributed by atoms with Crippen LogP contribution in [0.1, 0.15) is 50.5 Å². The highest BCUT2D eigenvalue weighted by atomic mass is 79.9. The molecule has 2 saturated heterocycles. The molecular formula is C23H29BrClNO6. The van der Waals surface area contributed by atoms with E-state index in [0.29, 0.717) is 25.4 Å². The summed E-state index contributed by atoms with van der Waals surface area (Å²) < 4.78 is 17.2. The summed E-state index contributed by atoms with van der Waals surface area (Å²) in [6.45, 7) is 2.63. The van der Waals surface area contributed by atoms with Crippen LogP contribution < -0.4 is 5.32 Å². The smallest absolute Gasteiger partial charge is 0.414 e. The molecule has 4 rings (SSSR count). The van der Waals surface area contributed by atoms with E-state index >= 15 is 0 Å². The molecule has 7 atom stereocenters. The van der Waals surface area contributed by atoms with Crippen LogP contribution in [0.3, 0.4) is 0 Å². The zero-order chi connectivity index (χ0) is 22.9. The lowest BCUT2D eigenvalue weighted by molar-refractivity contribution is -0.119. The van der Waals surface area contributed by atoms with E-state index in [0.717, 1.165) is 19.3 Å². The number of alkyl carbamates (subject to hydrolysis) is 1. The van der Waals surface area contributed by atoms with E-state index in [1.54, 1.807) is 0 Å². The number of carbonyl (C=O) groups is 2. The molecule has 1 aromatic carbocycles. The number of carbonyl (C=O) groups excluding carboxylic acids is 2. The number of hydrogen-bond acceptors (Lipinski definition) is 6. The molecule has 9 heteroatoms. The molecular weight excluding hydrogens is 502 g/mol. The average Bonchev–Trinajstić information content (AvgIpc) is 3.72. The maximum absolute atomic E-state index is 12.0. The second-order valence-electron chi connectivity index (χ2n) is 8.86. The summed E-state index contributed by atoms with van der Waals surface area (Å²) >= 11 is 9.00. The predicted octanol–water partition coefficient (Wildman–Crippen LogP) is 3.65. The third-order valence-electron chi connectivity index (χ3n) is 7.00. The number of ether oxygens (including phenoxy) is 3. The zero-order valence-electron chi connectivity index (χ0n) is 18.0. The SMILES string of the molecule is CCC(CCC1OC1[C@]1(O)[C@@H](Br)[C@@H](OC(=O)NC(=O)CCl)CC[C@]12CO2)c1ccccc1. The van der Waals surface area contributed by atoms with Gasteiger partial charge in [-0.25, -0.2) is 4.79 Å². The lowest BCUT2D eigenvalue weighted by Gasteiger charge is -2.44. The minimum absolute atomic E-state index is 0.0794. The molecule has 176 valence electrons. The first kappa shape index (κ1) is 24.0. The lowest BCUT2D eigenvalue weighted by atomic mass is 9.71. The van der Waals surface area contributed by atoms with Crippen LogP contribution in [0.5, 0.6) is 0 Å². The Morgan fingerprint density at radius 2 is 2.09 bits per heavy atom. The van der Waals surface area contributed by atoms with Crippen molar-refractivity contribution in [2.24, 2.45) is 0 Å². The fourth-order valence-electron chi connectivity index (χ4n) is 5.02. The molecule has 3 aliphatic rings. The van der Waals surface area contributed by atoms with Gasteiger partial charge in [-0.05, 0) is 43.6 Å². The number of benzene rings is 1. The van der Waals surface area contributed by atoms with E-state index in [-0.39, 0.29) is 12.0 Å². The third-order valence-corrected chi connectivity index (χ3v) is 8.53. The van der Waals surface area contributed by atoms with Crippen molar-refractivity contribution in [3.8, 4) is 0 Å². The van der Waals surface area contributed by atoms with E-state index in [9.17, 15) is 14.7 Å². The Bertz CT molecular complexity index is 837. The number of halogens is 2. The fraction of sp³-hybridized carbons (Fsp3) is 0.652. The quantitative estimate of drug-likeness (QED) is 0.393. The van der Waals surface area contributed by atoms with Gasteiger partial charge in [-0.2, -0.15) is 0 Å². The molecule has 1 spiro atoms. The molecule has 0 bridgehead atoms. The Morgan fingerprint density at radius 1 is 1.38 bits per heavy atom. The Morgan fingerprint density at radius 3 is 2.72 bits per heavy atom. The van der Waals surface area contributed by atoms with E-state index in [1.807, 2.05) is 6.07 Å². The molecule has 0 radical (unpaired) electrons. The van der Waals surface area contributed by atoms with Gasteiger partial charge in [0.2, 0.25) is 5.91 Å². The van der Waals surface area contributed by atoms with Crippen molar-refractivity contribution in [2.45, 2.75) is 79.3 Å². The van der Waals surface area contributed by atoms with Crippen LogP contribution in [-0.4, -0.2) is 63.9 Å². The van der Waals surface area contributed by atoms with Crippen LogP contribution in [0.2, 0.25) is 0 Å². The van der Waals surface area contributed by atoms with Gasteiger partial charge in [0.05, 0.1) is 17.5 Å². The van der Waals surface area contributed by atoms with Crippen LogP contribution in [0.4, 0.5) is 4.79 Å². The third kappa shape index (κ3) is 4.57. The number of nitrogens with one attached hydrogen (secondary N) is 1. The van der Waals surface area contributed by atoms with Gasteiger partial charge >= 0.3 is 6.09 Å². The number of rotatable bonds is 8. The number of epoxide rings is 2. The van der Waals surface area contributed by atoms with Crippen molar-refractivity contribution in [1.82, 2.24) is 5.32 Å². The Balaban J connectivity index is 1.39. The molecule has 3 unspecified atom stereocenters. The minimum atomic E-state index is -1.33. The van der Waals surface area contributed by atoms with Crippen LogP contribution >= 0.6 is 27.5 Å². The molecule has 2 N–H and O–H groups in total. The van der Waals surface area contributed by atoms with Crippen molar-refractivity contribution < 1.29 is 28.9 Å². The van der Waals surface area contributed by atoms with Gasteiger partial charge in [0.25, 0.3) is 0 Å². The van der Waals surface area contributed by atoms with Gasteiger partial charge in [-0.3, -0.25) is 10.1 Å². The summed E-state index contributed by atoms with van der Waals surface area (Å²) in [6.07, 6.45) is 1.88. The van der Waals surface area contributed by atoms with Gasteiger partial charge < -0.3 is 19.3 Å². The molecule has 1 saturated carbocycles. The maximum Gasteiger partial charge on any atom is 0.414 e. The van der Waals surface area contributed by atoms with Crippen molar-refractivity contribution in [3.05, 3.63) is 35.9 Å². The van der Waals surface area contributed by atoms with E-state index < -0.39 is 40.2 Å². The van der Waals surface area contributed by atoms with Crippen LogP contribution in [-0.2, 0) is 19.0 Å². The molecule has 32 heavy (non-hydrogen) atoms. The van der Waals surface area contributed by atoms with E-state index in [1.165, 1.54) is 5.56 Å². The predicted molar refractivity (Wildman–Crippen MR) is 122 cm³/mol. The van der Waals surface area contributed by atoms with Crippen LogP contribution in [0.25, 0.3) is 0 Å². The topological polar surface area (TPSA) is 101 Å². The summed E-state index contributed by atoms with van der Waals surface area (Å²) in [5.74, 6) is -0.532. The largest absolute Gasteiger partial charge is 0.445 e. The maximum atomic E-state index is 12.0. The minimum Gasteiger partial charge on any atom is -0.445 e. The number of amides is 2. The number of hydrogen-bond donors (Lipinski definition) is 2. The van der Waals surface area contributed by atoms with Crippen molar-refractivity contribution in [3.63, 3.8) is 0 Å². The van der Waals surface area contributed by atoms with Crippen LogP contribution in [0.15, 0.2) is 30.3 Å². The highest BCUT2D eigenvalue weighted by Gasteiger charge is 2.75. The summed E-state index contributed by atoms with van der Waals surface area (Å²) in [4.78, 5) is 22.8. The monoisotopic (exact) mass is 529 g/mol. The van der Waals surface area contributed by atoms with Gasteiger partial charge in [0.15, 0.2) is 0 Å². The van der Waals surface area contributed by atoms with Gasteiger partial charge in [-0.15, -0.1) is 11.6 Å². The second kappa shape index (κ2) is 9.58. The number of imide groups is 1. The highest BCUT2D eigenvalue weighted by Crippen LogP contribution is 2.58. The first-order valence-corrected chi connectivity index (χ1v) is 12.6. The normalized spacial score (nSPS) is 36.4. The molecule has 2 amide bonds.